The minimum atomic E-state index is 0.209. The summed E-state index contributed by atoms with van der Waals surface area (Å²) in [6, 6.07) is 0.209. The number of hydrogen-bond acceptors (Lipinski definition) is 2. The van der Waals surface area contributed by atoms with E-state index in [1.165, 1.54) is 0 Å². The lowest BCUT2D eigenvalue weighted by Crippen LogP contribution is -2.32. The molecule has 0 spiro atoms. The molecule has 0 unspecified atom stereocenters. The summed E-state index contributed by atoms with van der Waals surface area (Å²) in [5, 5.41) is 0. The summed E-state index contributed by atoms with van der Waals surface area (Å²) in [7, 11) is 0. The molecule has 1 amide bonds. The molecule has 0 bridgehead atoms. The highest BCUT2D eigenvalue weighted by Crippen LogP contribution is 2.11. The van der Waals surface area contributed by atoms with Crippen molar-refractivity contribution >= 4 is 5.91 Å². The minimum absolute atomic E-state index is 0.209. The van der Waals surface area contributed by atoms with Gasteiger partial charge in [0.2, 0.25) is 5.91 Å². The van der Waals surface area contributed by atoms with Crippen LogP contribution in [0, 0.1) is 5.92 Å². The van der Waals surface area contributed by atoms with Crippen molar-refractivity contribution in [2.45, 2.75) is 32.7 Å². The van der Waals surface area contributed by atoms with Gasteiger partial charge in [0.15, 0.2) is 0 Å². The van der Waals surface area contributed by atoms with Gasteiger partial charge in [-0.1, -0.05) is 13.8 Å². The molecule has 0 radical (unpaired) electrons. The number of nitrogens with zero attached hydrogens (tertiary/aromatic N) is 1. The molecule has 0 aromatic rings. The predicted octanol–water partition coefficient (Wildman–Crippen LogP) is 0.592. The van der Waals surface area contributed by atoms with Gasteiger partial charge in [-0.15, -0.1) is 0 Å². The van der Waals surface area contributed by atoms with E-state index in [9.17, 15) is 4.79 Å². The fourth-order valence-corrected chi connectivity index (χ4v) is 1.49. The van der Waals surface area contributed by atoms with Gasteiger partial charge in [0.25, 0.3) is 0 Å². The van der Waals surface area contributed by atoms with Gasteiger partial charge in [0, 0.05) is 25.6 Å². The Morgan fingerprint density at radius 3 is 2.75 bits per heavy atom. The lowest BCUT2D eigenvalue weighted by atomic mass is 10.1. The number of hydrogen-bond donors (Lipinski definition) is 1. The van der Waals surface area contributed by atoms with Gasteiger partial charge in [0.05, 0.1) is 0 Å². The van der Waals surface area contributed by atoms with Gasteiger partial charge >= 0.3 is 0 Å². The van der Waals surface area contributed by atoms with Crippen LogP contribution in [0.25, 0.3) is 0 Å². The molecule has 1 rings (SSSR count). The van der Waals surface area contributed by atoms with E-state index in [0.29, 0.717) is 12.3 Å². The summed E-state index contributed by atoms with van der Waals surface area (Å²) in [6.45, 7) is 5.74. The maximum absolute atomic E-state index is 11.5. The summed E-state index contributed by atoms with van der Waals surface area (Å²) in [5.41, 5.74) is 5.70. The average molecular weight is 170 g/mol. The molecule has 0 aromatic carbocycles. The molecule has 70 valence electrons. The summed E-state index contributed by atoms with van der Waals surface area (Å²) in [6.07, 6.45) is 1.62. The molecule has 3 nitrogen and oxygen atoms in total. The monoisotopic (exact) mass is 170 g/mol. The van der Waals surface area contributed by atoms with Gasteiger partial charge in [-0.2, -0.15) is 0 Å². The number of rotatable bonds is 2. The Morgan fingerprint density at radius 1 is 1.67 bits per heavy atom. The van der Waals surface area contributed by atoms with E-state index in [-0.39, 0.29) is 11.9 Å². The van der Waals surface area contributed by atoms with E-state index in [2.05, 4.69) is 13.8 Å². The molecule has 0 aliphatic carbocycles. The van der Waals surface area contributed by atoms with E-state index < -0.39 is 0 Å². The Kier molecular flexibility index (Phi) is 3.09. The van der Waals surface area contributed by atoms with Crippen molar-refractivity contribution in [1.82, 2.24) is 4.90 Å². The maximum atomic E-state index is 11.5. The third kappa shape index (κ3) is 2.48. The third-order valence-corrected chi connectivity index (χ3v) is 2.16. The number of carbonyl (C=O) groups is 1. The van der Waals surface area contributed by atoms with Gasteiger partial charge in [-0.05, 0) is 12.3 Å². The van der Waals surface area contributed by atoms with E-state index in [1.807, 2.05) is 4.90 Å². The van der Waals surface area contributed by atoms with Crippen molar-refractivity contribution < 1.29 is 4.79 Å². The fraction of sp³-hybridized carbons (Fsp3) is 0.889. The fourth-order valence-electron chi connectivity index (χ4n) is 1.49. The Labute approximate surface area is 73.9 Å². The van der Waals surface area contributed by atoms with Gasteiger partial charge in [-0.25, -0.2) is 0 Å². The van der Waals surface area contributed by atoms with Crippen molar-refractivity contribution in [3.05, 3.63) is 0 Å². The van der Waals surface area contributed by atoms with E-state index in [1.54, 1.807) is 0 Å². The Bertz CT molecular complexity index is 168. The number of likely N-dealkylation sites (tertiary alicyclic amines) is 1. The zero-order chi connectivity index (χ0) is 9.14. The first-order valence-corrected chi connectivity index (χ1v) is 4.63. The molecule has 1 fully saturated rings. The van der Waals surface area contributed by atoms with E-state index in [0.717, 1.165) is 19.5 Å². The highest BCUT2D eigenvalue weighted by Gasteiger charge is 2.23. The van der Waals surface area contributed by atoms with Crippen LogP contribution in [0.4, 0.5) is 0 Å². The van der Waals surface area contributed by atoms with Crippen molar-refractivity contribution in [2.75, 3.05) is 13.1 Å². The van der Waals surface area contributed by atoms with Crippen LogP contribution < -0.4 is 5.73 Å². The van der Waals surface area contributed by atoms with Crippen LogP contribution in [-0.4, -0.2) is 29.9 Å². The third-order valence-electron chi connectivity index (χ3n) is 2.16. The lowest BCUT2D eigenvalue weighted by Gasteiger charge is -2.16. The number of nitrogens with two attached hydrogens (primary N) is 1. The van der Waals surface area contributed by atoms with E-state index >= 15 is 0 Å². The molecule has 0 saturated carbocycles. The van der Waals surface area contributed by atoms with Crippen LogP contribution >= 0.6 is 0 Å². The van der Waals surface area contributed by atoms with Crippen molar-refractivity contribution in [1.29, 1.82) is 0 Å². The smallest absolute Gasteiger partial charge is 0.222 e. The Morgan fingerprint density at radius 2 is 2.33 bits per heavy atom. The van der Waals surface area contributed by atoms with E-state index in [4.69, 9.17) is 5.73 Å². The SMILES string of the molecule is CC(C)CC(=O)N1CC[C@@H](N)C1. The lowest BCUT2D eigenvalue weighted by molar-refractivity contribution is -0.130. The first kappa shape index (κ1) is 9.52. The molecule has 2 N–H and O–H groups in total. The normalized spacial score (nSPS) is 23.7. The second-order valence-electron chi connectivity index (χ2n) is 3.99. The number of amides is 1. The van der Waals surface area contributed by atoms with Gasteiger partial charge < -0.3 is 10.6 Å². The summed E-state index contributed by atoms with van der Waals surface area (Å²) in [4.78, 5) is 13.4. The zero-order valence-corrected chi connectivity index (χ0v) is 7.92. The highest BCUT2D eigenvalue weighted by atomic mass is 16.2. The number of carbonyl (C=O) groups excluding carboxylic acids is 1. The van der Waals surface area contributed by atoms with Crippen LogP contribution in [-0.2, 0) is 4.79 Å². The van der Waals surface area contributed by atoms with Crippen LogP contribution in [0.15, 0.2) is 0 Å². The standard InChI is InChI=1S/C9H18N2O/c1-7(2)5-9(12)11-4-3-8(10)6-11/h7-8H,3-6,10H2,1-2H3/t8-/m1/s1. The highest BCUT2D eigenvalue weighted by molar-refractivity contribution is 5.76. The van der Waals surface area contributed by atoms with Crippen LogP contribution in [0.2, 0.25) is 0 Å². The first-order valence-electron chi connectivity index (χ1n) is 4.63. The van der Waals surface area contributed by atoms with Gasteiger partial charge in [-0.3, -0.25) is 4.79 Å². The molecule has 1 atom stereocenters. The summed E-state index contributed by atoms with van der Waals surface area (Å²) >= 11 is 0. The first-order chi connectivity index (χ1) is 5.59. The van der Waals surface area contributed by atoms with Crippen LogP contribution in [0.1, 0.15) is 26.7 Å². The predicted molar refractivity (Wildman–Crippen MR) is 48.6 cm³/mol. The van der Waals surface area contributed by atoms with Crippen LogP contribution in [0.3, 0.4) is 0 Å². The molecule has 0 aromatic heterocycles. The largest absolute Gasteiger partial charge is 0.341 e. The molecule has 1 aliphatic rings. The van der Waals surface area contributed by atoms with Crippen molar-refractivity contribution in [2.24, 2.45) is 11.7 Å². The second kappa shape index (κ2) is 3.90. The molecule has 12 heavy (non-hydrogen) atoms. The second-order valence-corrected chi connectivity index (χ2v) is 3.99. The quantitative estimate of drug-likeness (QED) is 0.659. The Hall–Kier alpha value is -0.570. The van der Waals surface area contributed by atoms with Crippen molar-refractivity contribution in [3.8, 4) is 0 Å². The maximum Gasteiger partial charge on any atom is 0.222 e. The average Bonchev–Trinajstić information content (AvgIpc) is 2.34. The molecule has 1 saturated heterocycles. The molecular formula is C9H18N2O. The molecular weight excluding hydrogens is 152 g/mol. The molecule has 3 heteroatoms. The van der Waals surface area contributed by atoms with Gasteiger partial charge in [0.1, 0.15) is 0 Å². The molecule has 1 heterocycles. The van der Waals surface area contributed by atoms with Crippen LogP contribution in [0.5, 0.6) is 0 Å². The minimum Gasteiger partial charge on any atom is -0.341 e. The summed E-state index contributed by atoms with van der Waals surface area (Å²) < 4.78 is 0. The molecule has 1 aliphatic heterocycles. The Balaban J connectivity index is 2.33. The summed E-state index contributed by atoms with van der Waals surface area (Å²) in [5.74, 6) is 0.715. The van der Waals surface area contributed by atoms with Crippen molar-refractivity contribution in [3.63, 3.8) is 0 Å². The topological polar surface area (TPSA) is 46.3 Å². The zero-order valence-electron chi connectivity index (χ0n) is 7.92.